The Morgan fingerprint density at radius 3 is 2.76 bits per heavy atom. The van der Waals surface area contributed by atoms with Gasteiger partial charge in [0.15, 0.2) is 0 Å². The average molecular weight is 342 g/mol. The zero-order valence-electron chi connectivity index (χ0n) is 14.4. The van der Waals surface area contributed by atoms with E-state index in [9.17, 15) is 4.79 Å². The molecular weight excluding hydrogens is 320 g/mol. The van der Waals surface area contributed by atoms with Gasteiger partial charge in [0.2, 0.25) is 5.91 Å². The smallest absolute Gasteiger partial charge is 0.229 e. The number of aryl methyl sites for hydroxylation is 1. The number of hydrogen-bond donors (Lipinski definition) is 0. The summed E-state index contributed by atoms with van der Waals surface area (Å²) in [6, 6.07) is 7.97. The van der Waals surface area contributed by atoms with Gasteiger partial charge in [-0.25, -0.2) is 4.63 Å². The van der Waals surface area contributed by atoms with Gasteiger partial charge >= 0.3 is 0 Å². The topological polar surface area (TPSA) is 71.7 Å². The van der Waals surface area contributed by atoms with E-state index in [0.29, 0.717) is 6.61 Å². The first kappa shape index (κ1) is 16.1. The molecule has 0 spiro atoms. The lowest BCUT2D eigenvalue weighted by Gasteiger charge is -2.37. The third-order valence-electron chi connectivity index (χ3n) is 5.03. The van der Waals surface area contributed by atoms with Crippen molar-refractivity contribution >= 4 is 5.91 Å². The number of nitrogens with zero attached hydrogens (tertiary/aromatic N) is 4. The van der Waals surface area contributed by atoms with E-state index in [1.54, 1.807) is 0 Å². The van der Waals surface area contributed by atoms with Crippen molar-refractivity contribution in [2.75, 3.05) is 32.8 Å². The van der Waals surface area contributed by atoms with Crippen molar-refractivity contribution in [1.29, 1.82) is 0 Å². The van der Waals surface area contributed by atoms with Crippen molar-refractivity contribution in [3.05, 3.63) is 41.2 Å². The molecule has 1 atom stereocenters. The predicted molar refractivity (Wildman–Crippen MR) is 90.0 cm³/mol. The number of carbonyl (C=O) groups excluding carboxylic acids is 1. The van der Waals surface area contributed by atoms with Crippen molar-refractivity contribution in [3.8, 4) is 5.75 Å². The molecule has 132 valence electrons. The highest BCUT2D eigenvalue weighted by molar-refractivity contribution is 5.80. The molecule has 0 radical (unpaired) electrons. The molecule has 0 saturated carbocycles. The van der Waals surface area contributed by atoms with Gasteiger partial charge in [0.1, 0.15) is 23.7 Å². The van der Waals surface area contributed by atoms with Crippen LogP contribution in [0.1, 0.15) is 17.0 Å². The molecule has 0 N–H and O–H groups in total. The third-order valence-corrected chi connectivity index (χ3v) is 5.03. The summed E-state index contributed by atoms with van der Waals surface area (Å²) in [6.45, 7) is 6.23. The highest BCUT2D eigenvalue weighted by Crippen LogP contribution is 2.28. The number of ether oxygens (including phenoxy) is 1. The van der Waals surface area contributed by atoms with Gasteiger partial charge in [0.25, 0.3) is 0 Å². The molecule has 7 heteroatoms. The minimum absolute atomic E-state index is 0.0802. The van der Waals surface area contributed by atoms with Crippen LogP contribution in [-0.2, 0) is 17.8 Å². The third kappa shape index (κ3) is 3.37. The molecular formula is C18H22N4O3. The quantitative estimate of drug-likeness (QED) is 0.837. The standard InChI is InChI=1S/C18H22N4O3/c1-13-16(20-25-19-13)11-21-6-8-22(9-7-21)18(23)15-10-14-4-2-3-5-17(14)24-12-15/h2-5,15H,6-12H2,1H3/t15-/m1/s1. The number of piperazine rings is 1. The number of fused-ring (bicyclic) bond motifs is 1. The first-order valence-electron chi connectivity index (χ1n) is 8.70. The highest BCUT2D eigenvalue weighted by atomic mass is 16.6. The lowest BCUT2D eigenvalue weighted by molar-refractivity contribution is -0.138. The van der Waals surface area contributed by atoms with Gasteiger partial charge < -0.3 is 9.64 Å². The molecule has 25 heavy (non-hydrogen) atoms. The maximum Gasteiger partial charge on any atom is 0.229 e. The summed E-state index contributed by atoms with van der Waals surface area (Å²) in [6.07, 6.45) is 0.763. The number of amides is 1. The molecule has 1 amide bonds. The Balaban J connectivity index is 1.32. The summed E-state index contributed by atoms with van der Waals surface area (Å²) in [4.78, 5) is 17.1. The average Bonchev–Trinajstić information content (AvgIpc) is 3.06. The van der Waals surface area contributed by atoms with Gasteiger partial charge in [-0.05, 0) is 25.0 Å². The molecule has 0 unspecified atom stereocenters. The van der Waals surface area contributed by atoms with Crippen LogP contribution in [0.25, 0.3) is 0 Å². The van der Waals surface area contributed by atoms with Gasteiger partial charge in [0.05, 0.1) is 5.92 Å². The number of benzene rings is 1. The second-order valence-electron chi connectivity index (χ2n) is 6.72. The summed E-state index contributed by atoms with van der Waals surface area (Å²) in [7, 11) is 0. The molecule has 1 saturated heterocycles. The SMILES string of the molecule is Cc1nonc1CN1CCN(C(=O)[C@H]2COc3ccccc3C2)CC1. The van der Waals surface area contributed by atoms with Crippen LogP contribution in [0.3, 0.4) is 0 Å². The van der Waals surface area contributed by atoms with Gasteiger partial charge in [-0.1, -0.05) is 28.5 Å². The number of carbonyl (C=O) groups is 1. The van der Waals surface area contributed by atoms with Crippen molar-refractivity contribution in [3.63, 3.8) is 0 Å². The minimum atomic E-state index is -0.0802. The van der Waals surface area contributed by atoms with Crippen LogP contribution >= 0.6 is 0 Å². The molecule has 1 aromatic heterocycles. The zero-order chi connectivity index (χ0) is 17.2. The number of hydrogen-bond acceptors (Lipinski definition) is 6. The van der Waals surface area contributed by atoms with E-state index in [-0.39, 0.29) is 11.8 Å². The second-order valence-corrected chi connectivity index (χ2v) is 6.72. The van der Waals surface area contributed by atoms with Crippen molar-refractivity contribution in [1.82, 2.24) is 20.1 Å². The minimum Gasteiger partial charge on any atom is -0.492 e. The summed E-state index contributed by atoms with van der Waals surface area (Å²) in [5.74, 6) is 1.03. The Kier molecular flexibility index (Phi) is 4.40. The summed E-state index contributed by atoms with van der Waals surface area (Å²) >= 11 is 0. The molecule has 2 aliphatic heterocycles. The molecule has 2 aliphatic rings. The second kappa shape index (κ2) is 6.84. The van der Waals surface area contributed by atoms with Crippen LogP contribution in [0.2, 0.25) is 0 Å². The van der Waals surface area contributed by atoms with Crippen LogP contribution in [0.5, 0.6) is 5.75 Å². The normalized spacial score (nSPS) is 20.8. The molecule has 0 aliphatic carbocycles. The molecule has 4 rings (SSSR count). The summed E-state index contributed by atoms with van der Waals surface area (Å²) in [5, 5.41) is 7.75. The lowest BCUT2D eigenvalue weighted by Crippen LogP contribution is -2.51. The van der Waals surface area contributed by atoms with Gasteiger partial charge in [-0.2, -0.15) is 0 Å². The van der Waals surface area contributed by atoms with Crippen LogP contribution in [-0.4, -0.2) is 58.8 Å². The largest absolute Gasteiger partial charge is 0.492 e. The number of para-hydroxylation sites is 1. The van der Waals surface area contributed by atoms with E-state index in [1.807, 2.05) is 36.1 Å². The summed E-state index contributed by atoms with van der Waals surface area (Å²) < 4.78 is 10.5. The highest BCUT2D eigenvalue weighted by Gasteiger charge is 2.31. The van der Waals surface area contributed by atoms with Crippen LogP contribution in [0, 0.1) is 12.8 Å². The fourth-order valence-corrected chi connectivity index (χ4v) is 3.48. The first-order valence-corrected chi connectivity index (χ1v) is 8.70. The molecule has 0 bridgehead atoms. The van der Waals surface area contributed by atoms with Crippen LogP contribution in [0.4, 0.5) is 0 Å². The van der Waals surface area contributed by atoms with Gasteiger partial charge in [-0.3, -0.25) is 9.69 Å². The van der Waals surface area contributed by atoms with E-state index >= 15 is 0 Å². The Labute approximate surface area is 146 Å². The van der Waals surface area contributed by atoms with E-state index in [0.717, 1.165) is 61.8 Å². The molecule has 1 fully saturated rings. The zero-order valence-corrected chi connectivity index (χ0v) is 14.4. The van der Waals surface area contributed by atoms with Crippen LogP contribution in [0.15, 0.2) is 28.9 Å². The Morgan fingerprint density at radius 2 is 2.00 bits per heavy atom. The molecule has 2 aromatic rings. The molecule has 3 heterocycles. The maximum absolute atomic E-state index is 12.8. The van der Waals surface area contributed by atoms with E-state index in [1.165, 1.54) is 0 Å². The van der Waals surface area contributed by atoms with E-state index in [2.05, 4.69) is 15.2 Å². The van der Waals surface area contributed by atoms with E-state index in [4.69, 9.17) is 9.37 Å². The summed E-state index contributed by atoms with van der Waals surface area (Å²) in [5.41, 5.74) is 2.83. The van der Waals surface area contributed by atoms with Crippen LogP contribution < -0.4 is 4.74 Å². The van der Waals surface area contributed by atoms with Crippen molar-refractivity contribution < 1.29 is 14.2 Å². The number of aromatic nitrogens is 2. The van der Waals surface area contributed by atoms with Crippen molar-refractivity contribution in [2.24, 2.45) is 5.92 Å². The molecule has 7 nitrogen and oxygen atoms in total. The van der Waals surface area contributed by atoms with E-state index < -0.39 is 0 Å². The Morgan fingerprint density at radius 1 is 1.20 bits per heavy atom. The maximum atomic E-state index is 12.8. The Hall–Kier alpha value is -2.41. The first-order chi connectivity index (χ1) is 12.2. The van der Waals surface area contributed by atoms with Gasteiger partial charge in [0, 0.05) is 32.7 Å². The fraction of sp³-hybridized carbons (Fsp3) is 0.500. The van der Waals surface area contributed by atoms with Gasteiger partial charge in [-0.15, -0.1) is 0 Å². The monoisotopic (exact) mass is 342 g/mol. The predicted octanol–water partition coefficient (Wildman–Crippen LogP) is 1.27. The van der Waals surface area contributed by atoms with Crippen molar-refractivity contribution in [2.45, 2.75) is 19.9 Å². The number of rotatable bonds is 3. The molecule has 1 aromatic carbocycles. The fourth-order valence-electron chi connectivity index (χ4n) is 3.48. The lowest BCUT2D eigenvalue weighted by atomic mass is 9.95. The Bertz CT molecular complexity index is 752.